The van der Waals surface area contributed by atoms with Gasteiger partial charge in [-0.3, -0.25) is 4.90 Å². The van der Waals surface area contributed by atoms with Crippen LogP contribution in [-0.4, -0.2) is 45.0 Å². The largest absolute Gasteiger partial charge is 0.397 e. The maximum atomic E-state index is 11.5. The summed E-state index contributed by atoms with van der Waals surface area (Å²) in [6.07, 6.45) is 0. The first-order valence-corrected chi connectivity index (χ1v) is 8.56. The third-order valence-electron chi connectivity index (χ3n) is 3.90. The molecule has 0 saturated carbocycles. The van der Waals surface area contributed by atoms with Crippen LogP contribution in [0.5, 0.6) is 0 Å². The topological polar surface area (TPSA) is 92.7 Å². The molecule has 1 saturated heterocycles. The van der Waals surface area contributed by atoms with Gasteiger partial charge in [-0.15, -0.1) is 0 Å². The van der Waals surface area contributed by atoms with Gasteiger partial charge in [0.1, 0.15) is 0 Å². The van der Waals surface area contributed by atoms with E-state index in [0.29, 0.717) is 5.69 Å². The van der Waals surface area contributed by atoms with Crippen molar-refractivity contribution in [2.45, 2.75) is 31.2 Å². The van der Waals surface area contributed by atoms with E-state index in [1.807, 2.05) is 0 Å². The number of hydrogen-bond acceptors (Lipinski definition) is 5. The van der Waals surface area contributed by atoms with Crippen molar-refractivity contribution in [1.29, 1.82) is 0 Å². The summed E-state index contributed by atoms with van der Waals surface area (Å²) >= 11 is 0. The van der Waals surface area contributed by atoms with Gasteiger partial charge in [-0.2, -0.15) is 0 Å². The second-order valence-corrected chi connectivity index (χ2v) is 7.97. The Kier molecular flexibility index (Phi) is 4.19. The van der Waals surface area contributed by atoms with Crippen LogP contribution in [0.3, 0.4) is 0 Å². The van der Waals surface area contributed by atoms with E-state index in [9.17, 15) is 8.42 Å². The molecule has 0 atom stereocenters. The van der Waals surface area contributed by atoms with Crippen molar-refractivity contribution in [3.05, 3.63) is 18.2 Å². The van der Waals surface area contributed by atoms with Gasteiger partial charge >= 0.3 is 0 Å². The summed E-state index contributed by atoms with van der Waals surface area (Å²) in [6, 6.07) is 4.61. The van der Waals surface area contributed by atoms with Gasteiger partial charge in [0.05, 0.1) is 16.3 Å². The molecule has 0 aliphatic carbocycles. The normalized spacial score (nSPS) is 18.0. The van der Waals surface area contributed by atoms with E-state index in [-0.39, 0.29) is 10.4 Å². The zero-order valence-electron chi connectivity index (χ0n) is 12.8. The SMILES string of the molecule is CC(C)(C)N1CCN(c2cc(S(N)(=O)=O)ccc2N)CC1. The number of piperazine rings is 1. The summed E-state index contributed by atoms with van der Waals surface area (Å²) in [5.74, 6) is 0. The van der Waals surface area contributed by atoms with E-state index in [4.69, 9.17) is 10.9 Å². The fourth-order valence-corrected chi connectivity index (χ4v) is 3.13. The lowest BCUT2D eigenvalue weighted by molar-refractivity contribution is 0.128. The number of nitrogens with two attached hydrogens (primary N) is 2. The van der Waals surface area contributed by atoms with Crippen molar-refractivity contribution < 1.29 is 8.42 Å². The highest BCUT2D eigenvalue weighted by Gasteiger charge is 2.26. The Morgan fingerprint density at radius 2 is 1.67 bits per heavy atom. The zero-order chi connectivity index (χ0) is 15.8. The van der Waals surface area contributed by atoms with Crippen LogP contribution in [-0.2, 0) is 10.0 Å². The minimum Gasteiger partial charge on any atom is -0.397 e. The van der Waals surface area contributed by atoms with E-state index in [0.717, 1.165) is 31.9 Å². The van der Waals surface area contributed by atoms with Crippen LogP contribution in [0.1, 0.15) is 20.8 Å². The van der Waals surface area contributed by atoms with E-state index in [1.54, 1.807) is 12.1 Å². The lowest BCUT2D eigenvalue weighted by atomic mass is 10.0. The lowest BCUT2D eigenvalue weighted by Gasteiger charge is -2.43. The lowest BCUT2D eigenvalue weighted by Crippen LogP contribution is -2.53. The van der Waals surface area contributed by atoms with E-state index < -0.39 is 10.0 Å². The number of primary sulfonamides is 1. The second kappa shape index (κ2) is 5.47. The van der Waals surface area contributed by atoms with Crippen LogP contribution in [0.25, 0.3) is 0 Å². The molecule has 2 rings (SSSR count). The number of anilines is 2. The molecule has 1 aromatic carbocycles. The Morgan fingerprint density at radius 3 is 2.14 bits per heavy atom. The van der Waals surface area contributed by atoms with Gasteiger partial charge in [0.2, 0.25) is 10.0 Å². The minimum absolute atomic E-state index is 0.102. The predicted molar refractivity (Wildman–Crippen MR) is 85.8 cm³/mol. The molecule has 0 aromatic heterocycles. The molecule has 0 spiro atoms. The molecule has 0 unspecified atom stereocenters. The first-order valence-electron chi connectivity index (χ1n) is 7.01. The number of rotatable bonds is 2. The molecule has 6 nitrogen and oxygen atoms in total. The summed E-state index contributed by atoms with van der Waals surface area (Å²) in [7, 11) is -3.71. The predicted octanol–water partition coefficient (Wildman–Crippen LogP) is 0.837. The molecular weight excluding hydrogens is 288 g/mol. The average Bonchev–Trinajstić information content (AvgIpc) is 2.37. The summed E-state index contributed by atoms with van der Waals surface area (Å²) in [5.41, 5.74) is 7.45. The fourth-order valence-electron chi connectivity index (χ4n) is 2.59. The number of nitrogens with zero attached hydrogens (tertiary/aromatic N) is 2. The van der Waals surface area contributed by atoms with E-state index >= 15 is 0 Å². The molecule has 1 fully saturated rings. The Bertz CT molecular complexity index is 614. The number of benzene rings is 1. The van der Waals surface area contributed by atoms with Gasteiger partial charge in [0.25, 0.3) is 0 Å². The van der Waals surface area contributed by atoms with Gasteiger partial charge in [-0.05, 0) is 39.0 Å². The van der Waals surface area contributed by atoms with Gasteiger partial charge in [0.15, 0.2) is 0 Å². The van der Waals surface area contributed by atoms with E-state index in [1.165, 1.54) is 6.07 Å². The molecule has 21 heavy (non-hydrogen) atoms. The van der Waals surface area contributed by atoms with E-state index in [2.05, 4.69) is 30.6 Å². The standard InChI is InChI=1S/C14H24N4O2S/c1-14(2,3)18-8-6-17(7-9-18)13-10-11(21(16,19)20)4-5-12(13)15/h4-5,10H,6-9,15H2,1-3H3,(H2,16,19,20). The van der Waals surface area contributed by atoms with Crippen molar-refractivity contribution in [3.63, 3.8) is 0 Å². The van der Waals surface area contributed by atoms with Gasteiger partial charge in [0, 0.05) is 31.7 Å². The van der Waals surface area contributed by atoms with Crippen LogP contribution in [0, 0.1) is 0 Å². The van der Waals surface area contributed by atoms with Gasteiger partial charge in [-0.25, -0.2) is 13.6 Å². The van der Waals surface area contributed by atoms with Crippen LogP contribution in [0.2, 0.25) is 0 Å². The summed E-state index contributed by atoms with van der Waals surface area (Å²) in [5, 5.41) is 5.19. The molecule has 1 aliphatic heterocycles. The molecular formula is C14H24N4O2S. The average molecular weight is 312 g/mol. The van der Waals surface area contributed by atoms with Crippen LogP contribution in [0.4, 0.5) is 11.4 Å². The first-order chi connectivity index (χ1) is 9.59. The molecule has 118 valence electrons. The molecule has 1 aliphatic rings. The van der Waals surface area contributed by atoms with Crippen LogP contribution < -0.4 is 15.8 Å². The van der Waals surface area contributed by atoms with Crippen molar-refractivity contribution >= 4 is 21.4 Å². The smallest absolute Gasteiger partial charge is 0.238 e. The molecule has 0 amide bonds. The third-order valence-corrected chi connectivity index (χ3v) is 4.81. The molecule has 0 radical (unpaired) electrons. The molecule has 1 heterocycles. The number of sulfonamides is 1. The quantitative estimate of drug-likeness (QED) is 0.789. The third kappa shape index (κ3) is 3.66. The highest BCUT2D eigenvalue weighted by atomic mass is 32.2. The Hall–Kier alpha value is -1.31. The summed E-state index contributed by atoms with van der Waals surface area (Å²) in [4.78, 5) is 4.63. The van der Waals surface area contributed by atoms with Crippen molar-refractivity contribution in [2.75, 3.05) is 36.8 Å². The second-order valence-electron chi connectivity index (χ2n) is 6.41. The van der Waals surface area contributed by atoms with Crippen molar-refractivity contribution in [3.8, 4) is 0 Å². The summed E-state index contributed by atoms with van der Waals surface area (Å²) < 4.78 is 22.9. The highest BCUT2D eigenvalue weighted by molar-refractivity contribution is 7.89. The number of nitrogen functional groups attached to an aromatic ring is 1. The van der Waals surface area contributed by atoms with Crippen LogP contribution >= 0.6 is 0 Å². The molecule has 4 N–H and O–H groups in total. The highest BCUT2D eigenvalue weighted by Crippen LogP contribution is 2.28. The summed E-state index contributed by atoms with van der Waals surface area (Å²) in [6.45, 7) is 10.0. The zero-order valence-corrected chi connectivity index (χ0v) is 13.7. The Morgan fingerprint density at radius 1 is 1.10 bits per heavy atom. The monoisotopic (exact) mass is 312 g/mol. The van der Waals surface area contributed by atoms with Crippen LogP contribution in [0.15, 0.2) is 23.1 Å². The Balaban J connectivity index is 2.21. The first kappa shape index (κ1) is 16.1. The fraction of sp³-hybridized carbons (Fsp3) is 0.571. The Labute approximate surface area is 126 Å². The maximum Gasteiger partial charge on any atom is 0.238 e. The maximum absolute atomic E-state index is 11.5. The molecule has 1 aromatic rings. The number of hydrogen-bond donors (Lipinski definition) is 2. The van der Waals surface area contributed by atoms with Crippen molar-refractivity contribution in [1.82, 2.24) is 4.90 Å². The minimum atomic E-state index is -3.71. The van der Waals surface area contributed by atoms with Crippen molar-refractivity contribution in [2.24, 2.45) is 5.14 Å². The molecule has 0 bridgehead atoms. The molecule has 7 heteroatoms. The van der Waals surface area contributed by atoms with Gasteiger partial charge in [-0.1, -0.05) is 0 Å². The van der Waals surface area contributed by atoms with Gasteiger partial charge < -0.3 is 10.6 Å².